The first-order valence-electron chi connectivity index (χ1n) is 7.40. The minimum atomic E-state index is -3.19. The Morgan fingerprint density at radius 3 is 2.68 bits per heavy atom. The number of nitrogens with two attached hydrogens (primary N) is 1. The van der Waals surface area contributed by atoms with Crippen LogP contribution in [0.4, 0.5) is 0 Å². The van der Waals surface area contributed by atoms with Gasteiger partial charge in [-0.2, -0.15) is 0 Å². The summed E-state index contributed by atoms with van der Waals surface area (Å²) in [5, 5.41) is 0. The molecule has 2 rings (SSSR count). The van der Waals surface area contributed by atoms with Crippen LogP contribution < -0.4 is 10.5 Å². The number of carbonyl (C=O) groups excluding carboxylic acids is 1. The van der Waals surface area contributed by atoms with Gasteiger partial charge in [-0.25, -0.2) is 13.1 Å². The summed E-state index contributed by atoms with van der Waals surface area (Å²) < 4.78 is 25.0. The fourth-order valence-electron chi connectivity index (χ4n) is 2.96. The standard InChI is InChI=1S/C15H23N3O3S/c1-22(20,21)17-10-12-6-5-9-18(11-12)14(15(16)19)13-7-3-2-4-8-13/h2-4,7-8,12,14,17H,5-6,9-11H2,1H3,(H2,16,19)/t12-,14-/m0/s1. The average Bonchev–Trinajstić information content (AvgIpc) is 2.46. The first-order valence-corrected chi connectivity index (χ1v) is 9.29. The molecule has 1 heterocycles. The van der Waals surface area contributed by atoms with Gasteiger partial charge in [0.05, 0.1) is 6.26 Å². The van der Waals surface area contributed by atoms with Crippen LogP contribution in [-0.4, -0.2) is 45.1 Å². The van der Waals surface area contributed by atoms with Gasteiger partial charge in [0.2, 0.25) is 15.9 Å². The molecule has 0 aliphatic carbocycles. The number of sulfonamides is 1. The van der Waals surface area contributed by atoms with E-state index in [0.29, 0.717) is 13.1 Å². The Labute approximate surface area is 131 Å². The predicted molar refractivity (Wildman–Crippen MR) is 85.5 cm³/mol. The maximum atomic E-state index is 11.9. The maximum absolute atomic E-state index is 11.9. The lowest BCUT2D eigenvalue weighted by Crippen LogP contribution is -2.46. The molecule has 22 heavy (non-hydrogen) atoms. The van der Waals surface area contributed by atoms with Gasteiger partial charge in [-0.3, -0.25) is 9.69 Å². The molecule has 0 spiro atoms. The fraction of sp³-hybridized carbons (Fsp3) is 0.533. The number of hydrogen-bond acceptors (Lipinski definition) is 4. The van der Waals surface area contributed by atoms with E-state index in [1.807, 2.05) is 30.3 Å². The van der Waals surface area contributed by atoms with Crippen molar-refractivity contribution in [3.8, 4) is 0 Å². The SMILES string of the molecule is CS(=O)(=O)NC[C@@H]1CCCN([C@H](C(N)=O)c2ccccc2)C1. The van der Waals surface area contributed by atoms with Crippen LogP contribution in [0.5, 0.6) is 0 Å². The van der Waals surface area contributed by atoms with Crippen molar-refractivity contribution in [1.29, 1.82) is 0 Å². The van der Waals surface area contributed by atoms with Gasteiger partial charge >= 0.3 is 0 Å². The molecule has 1 aliphatic rings. The van der Waals surface area contributed by atoms with E-state index in [1.165, 1.54) is 0 Å². The van der Waals surface area contributed by atoms with Gasteiger partial charge < -0.3 is 5.73 Å². The van der Waals surface area contributed by atoms with Crippen molar-refractivity contribution in [3.63, 3.8) is 0 Å². The molecule has 0 aromatic heterocycles. The topological polar surface area (TPSA) is 92.5 Å². The molecule has 7 heteroatoms. The number of nitrogens with zero attached hydrogens (tertiary/aromatic N) is 1. The number of primary amides is 1. The van der Waals surface area contributed by atoms with E-state index in [2.05, 4.69) is 9.62 Å². The number of nitrogens with one attached hydrogen (secondary N) is 1. The van der Waals surface area contributed by atoms with E-state index < -0.39 is 16.1 Å². The zero-order valence-electron chi connectivity index (χ0n) is 12.7. The van der Waals surface area contributed by atoms with E-state index in [9.17, 15) is 13.2 Å². The van der Waals surface area contributed by atoms with Crippen LogP contribution >= 0.6 is 0 Å². The summed E-state index contributed by atoms with van der Waals surface area (Å²) in [5.41, 5.74) is 6.48. The van der Waals surface area contributed by atoms with Gasteiger partial charge in [-0.05, 0) is 30.9 Å². The number of likely N-dealkylation sites (tertiary alicyclic amines) is 1. The molecule has 122 valence electrons. The number of hydrogen-bond donors (Lipinski definition) is 2. The predicted octanol–water partition coefficient (Wildman–Crippen LogP) is 0.474. The van der Waals surface area contributed by atoms with Crippen molar-refractivity contribution in [2.45, 2.75) is 18.9 Å². The molecular weight excluding hydrogens is 302 g/mol. The van der Waals surface area contributed by atoms with Gasteiger partial charge in [0.25, 0.3) is 0 Å². The minimum Gasteiger partial charge on any atom is -0.368 e. The second-order valence-corrected chi connectivity index (χ2v) is 7.67. The van der Waals surface area contributed by atoms with Crippen molar-refractivity contribution in [3.05, 3.63) is 35.9 Å². The van der Waals surface area contributed by atoms with Crippen LogP contribution in [0.25, 0.3) is 0 Å². The first-order chi connectivity index (χ1) is 10.4. The zero-order chi connectivity index (χ0) is 16.2. The third kappa shape index (κ3) is 4.79. The molecule has 0 bridgehead atoms. The summed E-state index contributed by atoms with van der Waals surface area (Å²) in [4.78, 5) is 13.9. The van der Waals surface area contributed by atoms with Gasteiger partial charge in [0.1, 0.15) is 6.04 Å². The molecule has 0 unspecified atom stereocenters. The number of carbonyl (C=O) groups is 1. The summed E-state index contributed by atoms with van der Waals surface area (Å²) in [6.45, 7) is 1.85. The molecule has 1 saturated heterocycles. The van der Waals surface area contributed by atoms with E-state index in [1.54, 1.807) is 0 Å². The lowest BCUT2D eigenvalue weighted by molar-refractivity contribution is -0.124. The summed E-state index contributed by atoms with van der Waals surface area (Å²) in [6, 6.07) is 9.01. The normalized spacial score (nSPS) is 21.4. The van der Waals surface area contributed by atoms with Crippen molar-refractivity contribution in [2.75, 3.05) is 25.9 Å². The molecule has 0 saturated carbocycles. The van der Waals surface area contributed by atoms with Gasteiger partial charge in [0, 0.05) is 13.1 Å². The molecule has 1 aromatic rings. The van der Waals surface area contributed by atoms with Crippen LogP contribution in [0.3, 0.4) is 0 Å². The highest BCUT2D eigenvalue weighted by atomic mass is 32.2. The summed E-state index contributed by atoms with van der Waals surface area (Å²) in [6.07, 6.45) is 3.02. The second kappa shape index (κ2) is 7.21. The van der Waals surface area contributed by atoms with Gasteiger partial charge in [0.15, 0.2) is 0 Å². The van der Waals surface area contributed by atoms with Crippen LogP contribution in [0, 0.1) is 5.92 Å². The molecule has 2 atom stereocenters. The lowest BCUT2D eigenvalue weighted by Gasteiger charge is -2.37. The molecule has 1 aromatic carbocycles. The first kappa shape index (κ1) is 16.9. The molecule has 1 amide bonds. The Morgan fingerprint density at radius 1 is 1.41 bits per heavy atom. The zero-order valence-corrected chi connectivity index (χ0v) is 13.6. The summed E-state index contributed by atoms with van der Waals surface area (Å²) in [7, 11) is -3.19. The Morgan fingerprint density at radius 2 is 2.09 bits per heavy atom. The second-order valence-electron chi connectivity index (χ2n) is 5.84. The Kier molecular flexibility index (Phi) is 5.55. The number of benzene rings is 1. The van der Waals surface area contributed by atoms with Gasteiger partial charge in [-0.1, -0.05) is 30.3 Å². The Balaban J connectivity index is 2.07. The highest BCUT2D eigenvalue weighted by molar-refractivity contribution is 7.88. The van der Waals surface area contributed by atoms with Gasteiger partial charge in [-0.15, -0.1) is 0 Å². The third-order valence-corrected chi connectivity index (χ3v) is 4.63. The van der Waals surface area contributed by atoms with E-state index in [4.69, 9.17) is 5.73 Å². The molecule has 6 nitrogen and oxygen atoms in total. The third-order valence-electron chi connectivity index (χ3n) is 3.93. The van der Waals surface area contributed by atoms with Crippen molar-refractivity contribution in [1.82, 2.24) is 9.62 Å². The number of piperidine rings is 1. The monoisotopic (exact) mass is 325 g/mol. The number of rotatable bonds is 6. The highest BCUT2D eigenvalue weighted by Crippen LogP contribution is 2.26. The lowest BCUT2D eigenvalue weighted by atomic mass is 9.94. The Bertz CT molecular complexity index is 604. The minimum absolute atomic E-state index is 0.189. The number of amides is 1. The van der Waals surface area contributed by atoms with Crippen molar-refractivity contribution >= 4 is 15.9 Å². The van der Waals surface area contributed by atoms with E-state index in [-0.39, 0.29) is 11.8 Å². The summed E-state index contributed by atoms with van der Waals surface area (Å²) in [5.74, 6) is -0.183. The Hall–Kier alpha value is -1.44. The smallest absolute Gasteiger partial charge is 0.239 e. The quantitative estimate of drug-likeness (QED) is 0.795. The molecule has 3 N–H and O–H groups in total. The molecule has 1 aliphatic heterocycles. The van der Waals surface area contributed by atoms with Crippen LogP contribution in [0.2, 0.25) is 0 Å². The van der Waals surface area contributed by atoms with Crippen LogP contribution in [0.15, 0.2) is 30.3 Å². The van der Waals surface area contributed by atoms with E-state index >= 15 is 0 Å². The summed E-state index contributed by atoms with van der Waals surface area (Å²) >= 11 is 0. The fourth-order valence-corrected chi connectivity index (χ4v) is 3.50. The van der Waals surface area contributed by atoms with E-state index in [0.717, 1.165) is 31.2 Å². The largest absolute Gasteiger partial charge is 0.368 e. The molecule has 1 fully saturated rings. The average molecular weight is 325 g/mol. The molecular formula is C15H23N3O3S. The maximum Gasteiger partial charge on any atom is 0.239 e. The van der Waals surface area contributed by atoms with Crippen LogP contribution in [-0.2, 0) is 14.8 Å². The highest BCUT2D eigenvalue weighted by Gasteiger charge is 2.30. The van der Waals surface area contributed by atoms with Crippen LogP contribution in [0.1, 0.15) is 24.4 Å². The molecule has 0 radical (unpaired) electrons. The van der Waals surface area contributed by atoms with Crippen molar-refractivity contribution in [2.24, 2.45) is 11.7 Å². The van der Waals surface area contributed by atoms with Crippen molar-refractivity contribution < 1.29 is 13.2 Å².